The van der Waals surface area contributed by atoms with E-state index in [2.05, 4.69) is 10.4 Å². The topological polar surface area (TPSA) is 102 Å². The molecule has 19 heavy (non-hydrogen) atoms. The highest BCUT2D eigenvalue weighted by Crippen LogP contribution is 2.11. The summed E-state index contributed by atoms with van der Waals surface area (Å²) in [6.07, 6.45) is 1.39. The molecule has 0 radical (unpaired) electrons. The van der Waals surface area contributed by atoms with Gasteiger partial charge in [-0.05, 0) is 0 Å². The number of nitrogens with zero attached hydrogens (tertiary/aromatic N) is 3. The number of aryl methyl sites for hydroxylation is 1. The van der Waals surface area contributed by atoms with E-state index in [0.29, 0.717) is 13.2 Å². The summed E-state index contributed by atoms with van der Waals surface area (Å²) >= 11 is 0. The minimum atomic E-state index is -0.340. The summed E-state index contributed by atoms with van der Waals surface area (Å²) in [6.45, 7) is 0.794. The number of nitrogens with one attached hydrogen (secondary N) is 1. The van der Waals surface area contributed by atoms with Crippen LogP contribution in [0.4, 0.5) is 5.82 Å². The molecule has 3 N–H and O–H groups in total. The van der Waals surface area contributed by atoms with Gasteiger partial charge in [0.2, 0.25) is 5.91 Å². The lowest BCUT2D eigenvalue weighted by Gasteiger charge is -2.16. The summed E-state index contributed by atoms with van der Waals surface area (Å²) in [6, 6.07) is 0. The van der Waals surface area contributed by atoms with Crippen molar-refractivity contribution in [3.8, 4) is 0 Å². The Kier molecular flexibility index (Phi) is 5.31. The molecule has 0 aliphatic carbocycles. The van der Waals surface area contributed by atoms with Crippen LogP contribution in [0.25, 0.3) is 0 Å². The lowest BCUT2D eigenvalue weighted by molar-refractivity contribution is -0.121. The van der Waals surface area contributed by atoms with Gasteiger partial charge in [-0.15, -0.1) is 0 Å². The first-order valence-electron chi connectivity index (χ1n) is 5.76. The average Bonchev–Trinajstić information content (AvgIpc) is 2.69. The van der Waals surface area contributed by atoms with Crippen LogP contribution in [-0.4, -0.2) is 60.3 Å². The summed E-state index contributed by atoms with van der Waals surface area (Å²) in [5, 5.41) is 6.52. The van der Waals surface area contributed by atoms with E-state index in [1.165, 1.54) is 22.8 Å². The van der Waals surface area contributed by atoms with Crippen molar-refractivity contribution in [2.45, 2.75) is 0 Å². The largest absolute Gasteiger partial charge is 0.383 e. The fourth-order valence-corrected chi connectivity index (χ4v) is 1.45. The number of carbonyl (C=O) groups is 2. The van der Waals surface area contributed by atoms with Crippen molar-refractivity contribution >= 4 is 17.6 Å². The second kappa shape index (κ2) is 6.74. The quantitative estimate of drug-likeness (QED) is 0.634. The zero-order valence-electron chi connectivity index (χ0n) is 11.3. The molecule has 0 spiro atoms. The number of hydrogen-bond donors (Lipinski definition) is 2. The minimum absolute atomic E-state index is 0.0448. The van der Waals surface area contributed by atoms with Crippen molar-refractivity contribution in [3.05, 3.63) is 11.8 Å². The molecular weight excluding hydrogens is 250 g/mol. The Morgan fingerprint density at radius 1 is 1.58 bits per heavy atom. The first-order chi connectivity index (χ1) is 8.97. The number of nitrogens with two attached hydrogens (primary N) is 1. The number of nitrogen functional groups attached to an aromatic ring is 1. The highest BCUT2D eigenvalue weighted by atomic mass is 16.5. The third-order valence-corrected chi connectivity index (χ3v) is 2.57. The number of carbonyl (C=O) groups excluding carboxylic acids is 2. The Balaban J connectivity index is 2.53. The molecule has 1 aromatic rings. The maximum Gasteiger partial charge on any atom is 0.259 e. The molecule has 0 bridgehead atoms. The molecule has 0 aliphatic rings. The molecular formula is C11H19N5O3. The summed E-state index contributed by atoms with van der Waals surface area (Å²) in [5.74, 6) is -0.320. The minimum Gasteiger partial charge on any atom is -0.383 e. The summed E-state index contributed by atoms with van der Waals surface area (Å²) in [4.78, 5) is 24.9. The molecule has 0 fully saturated rings. The normalized spacial score (nSPS) is 10.3. The number of hydrogen-bond acceptors (Lipinski definition) is 5. The molecule has 1 rings (SSSR count). The summed E-state index contributed by atoms with van der Waals surface area (Å²) in [7, 11) is 4.72. The SMILES string of the molecule is COCCNC(=O)CN(C)C(=O)c1cnn(C)c1N. The standard InChI is InChI=1S/C11H19N5O3/c1-15(7-9(17)13-4-5-19-3)11(18)8-6-14-16(2)10(8)12/h6H,4-5,7,12H2,1-3H3,(H,13,17). The molecule has 0 saturated carbocycles. The monoisotopic (exact) mass is 269 g/mol. The molecule has 0 unspecified atom stereocenters. The first-order valence-corrected chi connectivity index (χ1v) is 5.76. The van der Waals surface area contributed by atoms with Crippen molar-refractivity contribution in [3.63, 3.8) is 0 Å². The van der Waals surface area contributed by atoms with E-state index in [9.17, 15) is 9.59 Å². The van der Waals surface area contributed by atoms with Gasteiger partial charge < -0.3 is 20.7 Å². The van der Waals surface area contributed by atoms with E-state index in [1.54, 1.807) is 14.2 Å². The molecule has 8 nitrogen and oxygen atoms in total. The molecule has 0 saturated heterocycles. The van der Waals surface area contributed by atoms with Gasteiger partial charge in [0.1, 0.15) is 11.4 Å². The van der Waals surface area contributed by atoms with Crippen molar-refractivity contribution in [1.29, 1.82) is 0 Å². The van der Waals surface area contributed by atoms with Crippen LogP contribution in [0.1, 0.15) is 10.4 Å². The van der Waals surface area contributed by atoms with Crippen LogP contribution in [-0.2, 0) is 16.6 Å². The molecule has 2 amide bonds. The number of aromatic nitrogens is 2. The van der Waals surface area contributed by atoms with Crippen LogP contribution in [0.5, 0.6) is 0 Å². The van der Waals surface area contributed by atoms with Gasteiger partial charge in [-0.3, -0.25) is 14.3 Å². The maximum absolute atomic E-state index is 12.0. The molecule has 0 atom stereocenters. The smallest absolute Gasteiger partial charge is 0.259 e. The Hall–Kier alpha value is -2.09. The molecule has 106 valence electrons. The summed E-state index contributed by atoms with van der Waals surface area (Å²) < 4.78 is 6.21. The van der Waals surface area contributed by atoms with Gasteiger partial charge in [-0.25, -0.2) is 0 Å². The van der Waals surface area contributed by atoms with Gasteiger partial charge in [-0.2, -0.15) is 5.10 Å². The van der Waals surface area contributed by atoms with Crippen LogP contribution in [0.3, 0.4) is 0 Å². The molecule has 8 heteroatoms. The van der Waals surface area contributed by atoms with Crippen molar-refractivity contribution < 1.29 is 14.3 Å². The Bertz CT molecular complexity index is 457. The van der Waals surface area contributed by atoms with Crippen molar-refractivity contribution in [2.75, 3.05) is 39.6 Å². The Morgan fingerprint density at radius 2 is 2.26 bits per heavy atom. The highest BCUT2D eigenvalue weighted by Gasteiger charge is 2.19. The third-order valence-electron chi connectivity index (χ3n) is 2.57. The molecule has 1 heterocycles. The van der Waals surface area contributed by atoms with E-state index < -0.39 is 0 Å². The summed E-state index contributed by atoms with van der Waals surface area (Å²) in [5.41, 5.74) is 5.99. The van der Waals surface area contributed by atoms with E-state index in [0.717, 1.165) is 0 Å². The van der Waals surface area contributed by atoms with Gasteiger partial charge in [0.25, 0.3) is 5.91 Å². The van der Waals surface area contributed by atoms with Crippen LogP contribution >= 0.6 is 0 Å². The fourth-order valence-electron chi connectivity index (χ4n) is 1.45. The van der Waals surface area contributed by atoms with Crippen LogP contribution < -0.4 is 11.1 Å². The van der Waals surface area contributed by atoms with E-state index in [1.807, 2.05) is 0 Å². The van der Waals surface area contributed by atoms with Gasteiger partial charge in [-0.1, -0.05) is 0 Å². The average molecular weight is 269 g/mol. The Labute approximate surface area is 111 Å². The number of likely N-dealkylation sites (N-methyl/N-ethyl adjacent to an activating group) is 1. The number of methoxy groups -OCH3 is 1. The van der Waals surface area contributed by atoms with E-state index in [4.69, 9.17) is 10.5 Å². The van der Waals surface area contributed by atoms with Crippen molar-refractivity contribution in [2.24, 2.45) is 7.05 Å². The lowest BCUT2D eigenvalue weighted by Crippen LogP contribution is -2.39. The molecule has 1 aromatic heterocycles. The zero-order valence-corrected chi connectivity index (χ0v) is 11.3. The predicted molar refractivity (Wildman–Crippen MR) is 69.5 cm³/mol. The van der Waals surface area contributed by atoms with Gasteiger partial charge >= 0.3 is 0 Å². The number of anilines is 1. The van der Waals surface area contributed by atoms with Gasteiger partial charge in [0.05, 0.1) is 19.3 Å². The predicted octanol–water partition coefficient (Wildman–Crippen LogP) is -1.16. The Morgan fingerprint density at radius 3 is 2.79 bits per heavy atom. The first kappa shape index (κ1) is 15.0. The van der Waals surface area contributed by atoms with Gasteiger partial charge in [0, 0.05) is 27.7 Å². The van der Waals surface area contributed by atoms with E-state index >= 15 is 0 Å². The molecule has 0 aliphatic heterocycles. The van der Waals surface area contributed by atoms with Crippen LogP contribution in [0.2, 0.25) is 0 Å². The lowest BCUT2D eigenvalue weighted by atomic mass is 10.3. The van der Waals surface area contributed by atoms with Crippen LogP contribution in [0.15, 0.2) is 6.20 Å². The zero-order chi connectivity index (χ0) is 14.4. The second-order valence-electron chi connectivity index (χ2n) is 4.07. The van der Waals surface area contributed by atoms with Gasteiger partial charge in [0.15, 0.2) is 0 Å². The molecule has 0 aromatic carbocycles. The van der Waals surface area contributed by atoms with Crippen LogP contribution in [0, 0.1) is 0 Å². The number of ether oxygens (including phenoxy) is 1. The highest BCUT2D eigenvalue weighted by molar-refractivity contribution is 5.99. The number of amides is 2. The second-order valence-corrected chi connectivity index (χ2v) is 4.07. The van der Waals surface area contributed by atoms with E-state index in [-0.39, 0.29) is 29.7 Å². The van der Waals surface area contributed by atoms with Crippen molar-refractivity contribution in [1.82, 2.24) is 20.0 Å². The maximum atomic E-state index is 12.0. The third kappa shape index (κ3) is 3.95. The fraction of sp³-hybridized carbons (Fsp3) is 0.545. The number of rotatable bonds is 6.